The van der Waals surface area contributed by atoms with Crippen LogP contribution in [0.5, 0.6) is 0 Å². The number of rotatable bonds is 3. The first-order valence-electron chi connectivity index (χ1n) is 5.73. The second kappa shape index (κ2) is 3.33. The summed E-state index contributed by atoms with van der Waals surface area (Å²) in [7, 11) is 0. The summed E-state index contributed by atoms with van der Waals surface area (Å²) in [5.41, 5.74) is 7.96. The Labute approximate surface area is 99.2 Å². The van der Waals surface area contributed by atoms with Crippen LogP contribution in [0.2, 0.25) is 0 Å². The van der Waals surface area contributed by atoms with Crippen LogP contribution in [-0.2, 0) is 0 Å². The summed E-state index contributed by atoms with van der Waals surface area (Å²) < 4.78 is 1.18. The van der Waals surface area contributed by atoms with E-state index in [4.69, 9.17) is 5.73 Å². The van der Waals surface area contributed by atoms with E-state index < -0.39 is 0 Å². The maximum absolute atomic E-state index is 6.40. The van der Waals surface area contributed by atoms with Crippen LogP contribution in [0.3, 0.4) is 0 Å². The van der Waals surface area contributed by atoms with Crippen LogP contribution in [0.1, 0.15) is 37.2 Å². The summed E-state index contributed by atoms with van der Waals surface area (Å²) in [4.78, 5) is 0. The highest BCUT2D eigenvalue weighted by molar-refractivity contribution is 9.10. The van der Waals surface area contributed by atoms with Gasteiger partial charge in [0.15, 0.2) is 0 Å². The zero-order valence-electron chi connectivity index (χ0n) is 8.75. The van der Waals surface area contributed by atoms with Crippen LogP contribution in [0.4, 0.5) is 0 Å². The van der Waals surface area contributed by atoms with Crippen molar-refractivity contribution in [2.75, 3.05) is 0 Å². The molecule has 0 radical (unpaired) electrons. The van der Waals surface area contributed by atoms with Gasteiger partial charge in [-0.3, -0.25) is 0 Å². The molecule has 0 heterocycles. The van der Waals surface area contributed by atoms with E-state index in [1.165, 1.54) is 35.7 Å². The van der Waals surface area contributed by atoms with Crippen LogP contribution < -0.4 is 5.73 Å². The molecule has 0 aliphatic heterocycles. The van der Waals surface area contributed by atoms with E-state index in [0.29, 0.717) is 5.92 Å². The second-order valence-electron chi connectivity index (χ2n) is 5.10. The Balaban J connectivity index is 1.94. The number of benzene rings is 1. The monoisotopic (exact) mass is 265 g/mol. The van der Waals surface area contributed by atoms with Crippen molar-refractivity contribution >= 4 is 15.9 Å². The van der Waals surface area contributed by atoms with Gasteiger partial charge in [0.25, 0.3) is 0 Å². The molecule has 2 N–H and O–H groups in total. The van der Waals surface area contributed by atoms with E-state index in [1.807, 2.05) is 0 Å². The molecule has 80 valence electrons. The number of nitrogens with two attached hydrogens (primary N) is 1. The van der Waals surface area contributed by atoms with Crippen LogP contribution in [0.25, 0.3) is 0 Å². The lowest BCUT2D eigenvalue weighted by molar-refractivity contribution is 0.468. The largest absolute Gasteiger partial charge is 0.325 e. The highest BCUT2D eigenvalue weighted by atomic mass is 79.9. The number of halogens is 1. The van der Waals surface area contributed by atoms with Gasteiger partial charge in [-0.15, -0.1) is 0 Å². The molecule has 3 rings (SSSR count). The molecule has 1 aromatic rings. The Kier molecular flexibility index (Phi) is 2.18. The Morgan fingerprint density at radius 3 is 2.60 bits per heavy atom. The van der Waals surface area contributed by atoms with Crippen LogP contribution in [0, 0.1) is 5.92 Å². The van der Waals surface area contributed by atoms with Crippen molar-refractivity contribution in [3.05, 3.63) is 34.3 Å². The van der Waals surface area contributed by atoms with Crippen molar-refractivity contribution in [2.24, 2.45) is 11.7 Å². The average molecular weight is 266 g/mol. The molecular formula is C13H16BrN. The summed E-state index contributed by atoms with van der Waals surface area (Å²) >= 11 is 3.55. The van der Waals surface area contributed by atoms with Crippen molar-refractivity contribution in [1.82, 2.24) is 0 Å². The normalized spacial score (nSPS) is 24.9. The van der Waals surface area contributed by atoms with Gasteiger partial charge in [-0.2, -0.15) is 0 Å². The SMILES string of the molecule is NC1(C(c2cccc(Br)c2)C2CC2)CC1. The van der Waals surface area contributed by atoms with E-state index in [1.54, 1.807) is 0 Å². The molecule has 0 aromatic heterocycles. The minimum Gasteiger partial charge on any atom is -0.325 e. The zero-order valence-corrected chi connectivity index (χ0v) is 10.3. The molecule has 15 heavy (non-hydrogen) atoms. The molecule has 2 aliphatic rings. The van der Waals surface area contributed by atoms with E-state index in [0.717, 1.165) is 5.92 Å². The van der Waals surface area contributed by atoms with Gasteiger partial charge in [0.1, 0.15) is 0 Å². The number of hydrogen-bond acceptors (Lipinski definition) is 1. The van der Waals surface area contributed by atoms with Crippen molar-refractivity contribution in [3.63, 3.8) is 0 Å². The molecule has 0 bridgehead atoms. The third-order valence-corrected chi connectivity index (χ3v) is 4.24. The van der Waals surface area contributed by atoms with E-state index >= 15 is 0 Å². The topological polar surface area (TPSA) is 26.0 Å². The molecule has 2 heteroatoms. The van der Waals surface area contributed by atoms with Gasteiger partial charge in [0.2, 0.25) is 0 Å². The van der Waals surface area contributed by atoms with Crippen LogP contribution in [-0.4, -0.2) is 5.54 Å². The zero-order chi connectivity index (χ0) is 10.5. The number of hydrogen-bond donors (Lipinski definition) is 1. The first-order chi connectivity index (χ1) is 7.19. The molecule has 0 saturated heterocycles. The summed E-state index contributed by atoms with van der Waals surface area (Å²) in [5.74, 6) is 1.46. The lowest BCUT2D eigenvalue weighted by atomic mass is 9.85. The predicted molar refractivity (Wildman–Crippen MR) is 65.8 cm³/mol. The predicted octanol–water partition coefficient (Wildman–Crippen LogP) is 3.43. The Hall–Kier alpha value is -0.340. The lowest BCUT2D eigenvalue weighted by Crippen LogP contribution is -2.32. The molecule has 1 nitrogen and oxygen atoms in total. The molecule has 2 fully saturated rings. The van der Waals surface area contributed by atoms with Crippen molar-refractivity contribution in [2.45, 2.75) is 37.1 Å². The Bertz CT molecular complexity index is 380. The molecule has 1 atom stereocenters. The van der Waals surface area contributed by atoms with Crippen LogP contribution >= 0.6 is 15.9 Å². The summed E-state index contributed by atoms with van der Waals surface area (Å²) in [5, 5.41) is 0. The van der Waals surface area contributed by atoms with Gasteiger partial charge in [-0.1, -0.05) is 28.1 Å². The van der Waals surface area contributed by atoms with Crippen molar-refractivity contribution in [1.29, 1.82) is 0 Å². The standard InChI is InChI=1S/C13H16BrN/c14-11-3-1-2-10(8-11)12(9-4-5-9)13(15)6-7-13/h1-3,8-9,12H,4-7,15H2. The maximum atomic E-state index is 6.40. The highest BCUT2D eigenvalue weighted by Gasteiger charge is 2.52. The highest BCUT2D eigenvalue weighted by Crippen LogP contribution is 2.55. The quantitative estimate of drug-likeness (QED) is 0.891. The summed E-state index contributed by atoms with van der Waals surface area (Å²) in [6.45, 7) is 0. The Morgan fingerprint density at radius 1 is 1.33 bits per heavy atom. The van der Waals surface area contributed by atoms with Gasteiger partial charge in [-0.05, 0) is 49.3 Å². The molecule has 1 unspecified atom stereocenters. The minimum absolute atomic E-state index is 0.127. The molecular weight excluding hydrogens is 250 g/mol. The third-order valence-electron chi connectivity index (χ3n) is 3.75. The maximum Gasteiger partial charge on any atom is 0.0227 e. The second-order valence-corrected chi connectivity index (χ2v) is 6.02. The smallest absolute Gasteiger partial charge is 0.0227 e. The molecule has 0 amide bonds. The van der Waals surface area contributed by atoms with E-state index in [2.05, 4.69) is 40.2 Å². The van der Waals surface area contributed by atoms with Crippen LogP contribution in [0.15, 0.2) is 28.7 Å². The summed E-state index contributed by atoms with van der Waals surface area (Å²) in [6.07, 6.45) is 5.16. The van der Waals surface area contributed by atoms with Gasteiger partial charge in [0, 0.05) is 15.9 Å². The van der Waals surface area contributed by atoms with Gasteiger partial charge in [0.05, 0.1) is 0 Å². The first kappa shape index (κ1) is 9.86. The third kappa shape index (κ3) is 1.85. The minimum atomic E-state index is 0.127. The van der Waals surface area contributed by atoms with Gasteiger partial charge >= 0.3 is 0 Å². The fraction of sp³-hybridized carbons (Fsp3) is 0.538. The molecule has 2 saturated carbocycles. The van der Waals surface area contributed by atoms with Crippen molar-refractivity contribution < 1.29 is 0 Å². The van der Waals surface area contributed by atoms with Crippen molar-refractivity contribution in [3.8, 4) is 0 Å². The summed E-state index contributed by atoms with van der Waals surface area (Å²) in [6, 6.07) is 8.70. The fourth-order valence-corrected chi connectivity index (χ4v) is 3.08. The van der Waals surface area contributed by atoms with E-state index in [-0.39, 0.29) is 5.54 Å². The fourth-order valence-electron chi connectivity index (χ4n) is 2.66. The van der Waals surface area contributed by atoms with Gasteiger partial charge < -0.3 is 5.73 Å². The van der Waals surface area contributed by atoms with E-state index in [9.17, 15) is 0 Å². The molecule has 1 aromatic carbocycles. The molecule has 0 spiro atoms. The lowest BCUT2D eigenvalue weighted by Gasteiger charge is -2.24. The first-order valence-corrected chi connectivity index (χ1v) is 6.53. The average Bonchev–Trinajstić information content (AvgIpc) is 3.06. The Morgan fingerprint density at radius 2 is 2.07 bits per heavy atom. The van der Waals surface area contributed by atoms with Gasteiger partial charge in [-0.25, -0.2) is 0 Å². The molecule has 2 aliphatic carbocycles.